The number of carbonyl (C=O) groups excluding carboxylic acids is 1. The van der Waals surface area contributed by atoms with Crippen LogP contribution in [-0.4, -0.2) is 12.6 Å². The van der Waals surface area contributed by atoms with E-state index in [4.69, 9.17) is 16.3 Å². The van der Waals surface area contributed by atoms with Gasteiger partial charge in [-0.2, -0.15) is 0 Å². The van der Waals surface area contributed by atoms with E-state index in [0.29, 0.717) is 6.61 Å². The van der Waals surface area contributed by atoms with Crippen LogP contribution in [0.15, 0.2) is 48.5 Å². The zero-order valence-corrected chi connectivity index (χ0v) is 13.8. The highest BCUT2D eigenvalue weighted by Crippen LogP contribution is 2.26. The Hall–Kier alpha value is -1.80. The minimum absolute atomic E-state index is 0.198. The summed E-state index contributed by atoms with van der Waals surface area (Å²) < 4.78 is 4.95. The Bertz CT molecular complexity index is 637. The van der Waals surface area contributed by atoms with Gasteiger partial charge in [0.2, 0.25) is 0 Å². The maximum atomic E-state index is 11.5. The van der Waals surface area contributed by atoms with E-state index in [1.807, 2.05) is 18.2 Å². The van der Waals surface area contributed by atoms with Crippen molar-refractivity contribution in [1.29, 1.82) is 0 Å². The van der Waals surface area contributed by atoms with Crippen LogP contribution in [0.1, 0.15) is 41.0 Å². The molecule has 0 heterocycles. The summed E-state index contributed by atoms with van der Waals surface area (Å²) in [5.41, 5.74) is 4.74. The van der Waals surface area contributed by atoms with Crippen LogP contribution < -0.4 is 0 Å². The van der Waals surface area contributed by atoms with E-state index in [1.54, 1.807) is 6.92 Å². The normalized spacial score (nSPS) is 12.0. The lowest BCUT2D eigenvalue weighted by Gasteiger charge is -2.12. The largest absolute Gasteiger partial charge is 0.466 e. The van der Waals surface area contributed by atoms with Crippen LogP contribution >= 0.6 is 11.6 Å². The second-order valence-electron chi connectivity index (χ2n) is 5.32. The second-order valence-corrected chi connectivity index (χ2v) is 5.85. The van der Waals surface area contributed by atoms with Gasteiger partial charge in [-0.15, -0.1) is 11.6 Å². The lowest BCUT2D eigenvalue weighted by Crippen LogP contribution is -2.07. The molecule has 2 aromatic rings. The topological polar surface area (TPSA) is 26.3 Å². The smallest absolute Gasteiger partial charge is 0.307 e. The van der Waals surface area contributed by atoms with Gasteiger partial charge >= 0.3 is 5.97 Å². The number of halogens is 1. The molecule has 22 heavy (non-hydrogen) atoms. The van der Waals surface area contributed by atoms with Crippen LogP contribution in [0.3, 0.4) is 0 Å². The third-order valence-corrected chi connectivity index (χ3v) is 4.03. The van der Waals surface area contributed by atoms with Gasteiger partial charge in [-0.1, -0.05) is 48.5 Å². The predicted molar refractivity (Wildman–Crippen MR) is 90.3 cm³/mol. The lowest BCUT2D eigenvalue weighted by atomic mass is 9.98. The molecule has 0 saturated carbocycles. The molecule has 0 N–H and O–H groups in total. The molecule has 0 aliphatic heterocycles. The standard InChI is InChI=1S/C19H21ClO2/c1-3-22-19(21)13-18(20)17-10-6-8-15(12-17)11-16-9-5-4-7-14(16)2/h4-10,12,18H,3,11,13H2,1-2H3/t18-/m0/s1. The molecule has 0 bridgehead atoms. The number of benzene rings is 2. The van der Waals surface area contributed by atoms with Gasteiger partial charge in [-0.05, 0) is 42.5 Å². The first-order valence-electron chi connectivity index (χ1n) is 7.53. The average molecular weight is 317 g/mol. The third kappa shape index (κ3) is 4.60. The van der Waals surface area contributed by atoms with Crippen LogP contribution in [0.4, 0.5) is 0 Å². The summed E-state index contributed by atoms with van der Waals surface area (Å²) in [6.45, 7) is 4.30. The first kappa shape index (κ1) is 16.6. The molecule has 0 aromatic heterocycles. The average Bonchev–Trinajstić information content (AvgIpc) is 2.50. The van der Waals surface area contributed by atoms with Crippen LogP contribution in [-0.2, 0) is 16.0 Å². The molecule has 2 nitrogen and oxygen atoms in total. The van der Waals surface area contributed by atoms with E-state index in [0.717, 1.165) is 12.0 Å². The maximum absolute atomic E-state index is 11.5. The monoisotopic (exact) mass is 316 g/mol. The number of hydrogen-bond donors (Lipinski definition) is 0. The number of aryl methyl sites for hydroxylation is 1. The molecule has 0 unspecified atom stereocenters. The van der Waals surface area contributed by atoms with Crippen LogP contribution in [0.5, 0.6) is 0 Å². The van der Waals surface area contributed by atoms with Gasteiger partial charge in [0.1, 0.15) is 0 Å². The van der Waals surface area contributed by atoms with Crippen molar-refractivity contribution in [3.8, 4) is 0 Å². The third-order valence-electron chi connectivity index (χ3n) is 3.62. The number of rotatable bonds is 6. The molecule has 0 radical (unpaired) electrons. The van der Waals surface area contributed by atoms with Crippen molar-refractivity contribution in [2.24, 2.45) is 0 Å². The Morgan fingerprint density at radius 1 is 1.18 bits per heavy atom. The van der Waals surface area contributed by atoms with Crippen LogP contribution in [0.2, 0.25) is 0 Å². The second kappa shape index (κ2) is 8.00. The highest BCUT2D eigenvalue weighted by Gasteiger charge is 2.14. The zero-order valence-electron chi connectivity index (χ0n) is 13.0. The molecule has 116 valence electrons. The number of ether oxygens (including phenoxy) is 1. The first-order valence-corrected chi connectivity index (χ1v) is 7.96. The number of esters is 1. The van der Waals surface area contributed by atoms with Crippen LogP contribution in [0.25, 0.3) is 0 Å². The lowest BCUT2D eigenvalue weighted by molar-refractivity contribution is -0.143. The fourth-order valence-corrected chi connectivity index (χ4v) is 2.67. The van der Waals surface area contributed by atoms with Crippen molar-refractivity contribution < 1.29 is 9.53 Å². The predicted octanol–water partition coefficient (Wildman–Crippen LogP) is 4.82. The van der Waals surface area contributed by atoms with Crippen molar-refractivity contribution >= 4 is 17.6 Å². The van der Waals surface area contributed by atoms with E-state index in [9.17, 15) is 4.79 Å². The van der Waals surface area contributed by atoms with E-state index in [1.165, 1.54) is 16.7 Å². The minimum Gasteiger partial charge on any atom is -0.466 e. The molecular formula is C19H21ClO2. The number of hydrogen-bond acceptors (Lipinski definition) is 2. The summed E-state index contributed by atoms with van der Waals surface area (Å²) >= 11 is 6.34. The fraction of sp³-hybridized carbons (Fsp3) is 0.316. The van der Waals surface area contributed by atoms with Crippen molar-refractivity contribution in [2.45, 2.75) is 32.1 Å². The summed E-state index contributed by atoms with van der Waals surface area (Å²) in [6, 6.07) is 16.5. The molecule has 2 rings (SSSR count). The summed E-state index contributed by atoms with van der Waals surface area (Å²) in [5, 5.41) is -0.351. The molecule has 0 aliphatic rings. The van der Waals surface area contributed by atoms with Gasteiger partial charge in [-0.25, -0.2) is 0 Å². The Kier molecular flexibility index (Phi) is 6.02. The zero-order chi connectivity index (χ0) is 15.9. The molecule has 0 aliphatic carbocycles. The van der Waals surface area contributed by atoms with E-state index < -0.39 is 0 Å². The van der Waals surface area contributed by atoms with E-state index in [-0.39, 0.29) is 17.8 Å². The Morgan fingerprint density at radius 3 is 2.68 bits per heavy atom. The van der Waals surface area contributed by atoms with Gasteiger partial charge in [0.05, 0.1) is 18.4 Å². The Balaban J connectivity index is 2.09. The molecule has 0 saturated heterocycles. The van der Waals surface area contributed by atoms with E-state index >= 15 is 0 Å². The van der Waals surface area contributed by atoms with Crippen LogP contribution in [0, 0.1) is 6.92 Å². The molecular weight excluding hydrogens is 296 g/mol. The van der Waals surface area contributed by atoms with Gasteiger partial charge in [0.15, 0.2) is 0 Å². The molecule has 0 spiro atoms. The highest BCUT2D eigenvalue weighted by molar-refractivity contribution is 6.21. The van der Waals surface area contributed by atoms with Gasteiger partial charge in [0, 0.05) is 0 Å². The quantitative estimate of drug-likeness (QED) is 0.564. The molecule has 0 fully saturated rings. The van der Waals surface area contributed by atoms with Gasteiger partial charge in [0.25, 0.3) is 0 Å². The minimum atomic E-state index is -0.351. The van der Waals surface area contributed by atoms with Crippen molar-refractivity contribution in [3.05, 3.63) is 70.8 Å². The summed E-state index contributed by atoms with van der Waals surface area (Å²) in [6.07, 6.45) is 1.06. The molecule has 0 amide bonds. The highest BCUT2D eigenvalue weighted by atomic mass is 35.5. The maximum Gasteiger partial charge on any atom is 0.307 e. The van der Waals surface area contributed by atoms with Crippen molar-refractivity contribution in [2.75, 3.05) is 6.61 Å². The molecule has 2 aromatic carbocycles. The van der Waals surface area contributed by atoms with Gasteiger partial charge in [-0.3, -0.25) is 4.79 Å². The van der Waals surface area contributed by atoms with Crippen molar-refractivity contribution in [1.82, 2.24) is 0 Å². The number of carbonyl (C=O) groups is 1. The van der Waals surface area contributed by atoms with Gasteiger partial charge < -0.3 is 4.74 Å². The first-order chi connectivity index (χ1) is 10.6. The summed E-state index contributed by atoms with van der Waals surface area (Å²) in [5.74, 6) is -0.258. The van der Waals surface area contributed by atoms with Crippen molar-refractivity contribution in [3.63, 3.8) is 0 Å². The number of alkyl halides is 1. The fourth-order valence-electron chi connectivity index (χ4n) is 2.41. The Labute approximate surface area is 137 Å². The van der Waals surface area contributed by atoms with E-state index in [2.05, 4.69) is 37.3 Å². The Morgan fingerprint density at radius 2 is 1.95 bits per heavy atom. The SMILES string of the molecule is CCOC(=O)C[C@H](Cl)c1cccc(Cc2ccccc2C)c1. The molecule has 3 heteroatoms. The summed E-state index contributed by atoms with van der Waals surface area (Å²) in [4.78, 5) is 11.5. The molecule has 1 atom stereocenters. The summed E-state index contributed by atoms with van der Waals surface area (Å²) in [7, 11) is 0.